The van der Waals surface area contributed by atoms with Crippen LogP contribution in [0, 0.1) is 5.92 Å². The molecule has 1 aliphatic heterocycles. The lowest BCUT2D eigenvalue weighted by Crippen LogP contribution is -2.37. The van der Waals surface area contributed by atoms with Crippen LogP contribution in [-0.2, 0) is 0 Å². The molecule has 1 aromatic heterocycles. The van der Waals surface area contributed by atoms with Gasteiger partial charge in [-0.3, -0.25) is 0 Å². The summed E-state index contributed by atoms with van der Waals surface area (Å²) >= 11 is 6.05. The van der Waals surface area contributed by atoms with Crippen molar-refractivity contribution in [2.45, 2.75) is 12.8 Å². The van der Waals surface area contributed by atoms with Crippen LogP contribution in [-0.4, -0.2) is 29.6 Å². The maximum Gasteiger partial charge on any atom is 0.225 e. The van der Waals surface area contributed by atoms with Gasteiger partial charge in [-0.15, -0.1) is 0 Å². The third kappa shape index (κ3) is 3.34. The standard InChI is InChI=1S/C16H19ClN4/c17-14-3-1-2-13(10-14)15-4-7-19-16(20-15)21-8-5-12(11-18)6-9-21/h1-4,7,10,12H,5-6,8-9,11,18H2. The molecule has 0 saturated carbocycles. The van der Waals surface area contributed by atoms with Crippen molar-refractivity contribution < 1.29 is 0 Å². The van der Waals surface area contributed by atoms with E-state index >= 15 is 0 Å². The van der Waals surface area contributed by atoms with Crippen molar-refractivity contribution in [1.29, 1.82) is 0 Å². The highest BCUT2D eigenvalue weighted by atomic mass is 35.5. The molecule has 1 aliphatic rings. The van der Waals surface area contributed by atoms with E-state index in [-0.39, 0.29) is 0 Å². The van der Waals surface area contributed by atoms with Gasteiger partial charge in [-0.25, -0.2) is 9.97 Å². The van der Waals surface area contributed by atoms with Crippen molar-refractivity contribution >= 4 is 17.5 Å². The number of hydrogen-bond acceptors (Lipinski definition) is 4. The van der Waals surface area contributed by atoms with E-state index in [1.54, 1.807) is 0 Å². The first-order valence-corrected chi connectivity index (χ1v) is 7.68. The number of benzene rings is 1. The highest BCUT2D eigenvalue weighted by Gasteiger charge is 2.20. The van der Waals surface area contributed by atoms with Crippen molar-refractivity contribution in [1.82, 2.24) is 9.97 Å². The SMILES string of the molecule is NCC1CCN(c2nccc(-c3cccc(Cl)c3)n2)CC1. The van der Waals surface area contributed by atoms with Gasteiger partial charge in [0, 0.05) is 29.9 Å². The van der Waals surface area contributed by atoms with Gasteiger partial charge in [0.1, 0.15) is 0 Å². The molecule has 2 aromatic rings. The van der Waals surface area contributed by atoms with Crippen molar-refractivity contribution in [3.63, 3.8) is 0 Å². The fraction of sp³-hybridized carbons (Fsp3) is 0.375. The van der Waals surface area contributed by atoms with E-state index in [4.69, 9.17) is 17.3 Å². The zero-order chi connectivity index (χ0) is 14.7. The van der Waals surface area contributed by atoms with Crippen LogP contribution in [0.3, 0.4) is 0 Å². The van der Waals surface area contributed by atoms with E-state index in [0.717, 1.165) is 54.7 Å². The van der Waals surface area contributed by atoms with E-state index in [0.29, 0.717) is 5.92 Å². The minimum Gasteiger partial charge on any atom is -0.341 e. The topological polar surface area (TPSA) is 55.0 Å². The summed E-state index contributed by atoms with van der Waals surface area (Å²) in [4.78, 5) is 11.3. The second kappa shape index (κ2) is 6.41. The van der Waals surface area contributed by atoms with E-state index in [2.05, 4.69) is 14.9 Å². The first kappa shape index (κ1) is 14.3. The van der Waals surface area contributed by atoms with Gasteiger partial charge in [0.2, 0.25) is 5.95 Å². The van der Waals surface area contributed by atoms with E-state index in [9.17, 15) is 0 Å². The lowest BCUT2D eigenvalue weighted by molar-refractivity contribution is 0.411. The zero-order valence-corrected chi connectivity index (χ0v) is 12.6. The molecule has 3 rings (SSSR count). The Kier molecular flexibility index (Phi) is 4.36. The van der Waals surface area contributed by atoms with Crippen molar-refractivity contribution in [3.05, 3.63) is 41.6 Å². The molecule has 0 unspecified atom stereocenters. The number of hydrogen-bond donors (Lipinski definition) is 1. The fourth-order valence-electron chi connectivity index (χ4n) is 2.68. The molecule has 0 atom stereocenters. The van der Waals surface area contributed by atoms with Gasteiger partial charge in [-0.2, -0.15) is 0 Å². The predicted molar refractivity (Wildman–Crippen MR) is 86.5 cm³/mol. The summed E-state index contributed by atoms with van der Waals surface area (Å²) in [6.07, 6.45) is 4.04. The third-order valence-electron chi connectivity index (χ3n) is 3.99. The molecule has 2 heterocycles. The molecule has 0 spiro atoms. The van der Waals surface area contributed by atoms with Crippen LogP contribution in [0.2, 0.25) is 5.02 Å². The number of halogens is 1. The second-order valence-corrected chi connectivity index (χ2v) is 5.85. The lowest BCUT2D eigenvalue weighted by atomic mass is 9.97. The van der Waals surface area contributed by atoms with Crippen molar-refractivity contribution in [2.24, 2.45) is 11.7 Å². The van der Waals surface area contributed by atoms with Crippen molar-refractivity contribution in [2.75, 3.05) is 24.5 Å². The average molecular weight is 303 g/mol. The van der Waals surface area contributed by atoms with Gasteiger partial charge in [0.05, 0.1) is 5.69 Å². The molecule has 0 amide bonds. The molecule has 1 saturated heterocycles. The summed E-state index contributed by atoms with van der Waals surface area (Å²) in [6.45, 7) is 2.72. The van der Waals surface area contributed by atoms with Crippen LogP contribution >= 0.6 is 11.6 Å². The smallest absolute Gasteiger partial charge is 0.225 e. The van der Waals surface area contributed by atoms with Gasteiger partial charge < -0.3 is 10.6 Å². The number of piperidine rings is 1. The van der Waals surface area contributed by atoms with Gasteiger partial charge in [0.25, 0.3) is 0 Å². The zero-order valence-electron chi connectivity index (χ0n) is 11.9. The minimum atomic E-state index is 0.636. The average Bonchev–Trinajstić information content (AvgIpc) is 2.55. The highest BCUT2D eigenvalue weighted by Crippen LogP contribution is 2.24. The molecule has 0 bridgehead atoms. The van der Waals surface area contributed by atoms with Gasteiger partial charge in [-0.05, 0) is 43.5 Å². The third-order valence-corrected chi connectivity index (χ3v) is 4.23. The lowest BCUT2D eigenvalue weighted by Gasteiger charge is -2.31. The van der Waals surface area contributed by atoms with Crippen LogP contribution in [0.4, 0.5) is 5.95 Å². The van der Waals surface area contributed by atoms with E-state index in [1.165, 1.54) is 0 Å². The maximum atomic E-state index is 6.05. The number of anilines is 1. The first-order valence-electron chi connectivity index (χ1n) is 7.30. The highest BCUT2D eigenvalue weighted by molar-refractivity contribution is 6.30. The van der Waals surface area contributed by atoms with Crippen LogP contribution in [0.25, 0.3) is 11.3 Å². The molecular weight excluding hydrogens is 284 g/mol. The van der Waals surface area contributed by atoms with Gasteiger partial charge in [0.15, 0.2) is 0 Å². The molecule has 5 heteroatoms. The van der Waals surface area contributed by atoms with Gasteiger partial charge in [-0.1, -0.05) is 23.7 Å². The molecule has 4 nitrogen and oxygen atoms in total. The molecule has 2 N–H and O–H groups in total. The number of rotatable bonds is 3. The summed E-state index contributed by atoms with van der Waals surface area (Å²) < 4.78 is 0. The largest absolute Gasteiger partial charge is 0.341 e. The molecule has 1 aromatic carbocycles. The Morgan fingerprint density at radius 2 is 2.05 bits per heavy atom. The Bertz CT molecular complexity index is 609. The maximum absolute atomic E-state index is 6.05. The Morgan fingerprint density at radius 1 is 1.24 bits per heavy atom. The van der Waals surface area contributed by atoms with Crippen LogP contribution in [0.15, 0.2) is 36.5 Å². The Morgan fingerprint density at radius 3 is 2.76 bits per heavy atom. The summed E-state index contributed by atoms with van der Waals surface area (Å²) in [5.41, 5.74) is 7.66. The predicted octanol–water partition coefficient (Wildman–Crippen LogP) is 2.97. The quantitative estimate of drug-likeness (QED) is 0.947. The van der Waals surface area contributed by atoms with Crippen LogP contribution < -0.4 is 10.6 Å². The van der Waals surface area contributed by atoms with E-state index in [1.807, 2.05) is 36.5 Å². The Labute approximate surface area is 130 Å². The Hall–Kier alpha value is -1.65. The number of nitrogens with zero attached hydrogens (tertiary/aromatic N) is 3. The first-order chi connectivity index (χ1) is 10.3. The molecule has 21 heavy (non-hydrogen) atoms. The summed E-state index contributed by atoms with van der Waals surface area (Å²) in [6, 6.07) is 9.66. The van der Waals surface area contributed by atoms with Gasteiger partial charge >= 0.3 is 0 Å². The molecule has 0 radical (unpaired) electrons. The minimum absolute atomic E-state index is 0.636. The second-order valence-electron chi connectivity index (χ2n) is 5.42. The van der Waals surface area contributed by atoms with Crippen molar-refractivity contribution in [3.8, 4) is 11.3 Å². The number of nitrogens with two attached hydrogens (primary N) is 1. The monoisotopic (exact) mass is 302 g/mol. The molecular formula is C16H19ClN4. The van der Waals surface area contributed by atoms with E-state index < -0.39 is 0 Å². The molecule has 0 aliphatic carbocycles. The molecule has 110 valence electrons. The normalized spacial score (nSPS) is 16.2. The Balaban J connectivity index is 1.81. The van der Waals surface area contributed by atoms with Crippen LogP contribution in [0.1, 0.15) is 12.8 Å². The fourth-order valence-corrected chi connectivity index (χ4v) is 2.87. The summed E-state index contributed by atoms with van der Waals surface area (Å²) in [5.74, 6) is 1.43. The number of aromatic nitrogens is 2. The summed E-state index contributed by atoms with van der Waals surface area (Å²) in [7, 11) is 0. The molecule has 1 fully saturated rings. The van der Waals surface area contributed by atoms with Crippen LogP contribution in [0.5, 0.6) is 0 Å². The summed E-state index contributed by atoms with van der Waals surface area (Å²) in [5, 5.41) is 0.719.